The van der Waals surface area contributed by atoms with Crippen LogP contribution in [0.1, 0.15) is 48.5 Å². The second-order valence-corrected chi connectivity index (χ2v) is 12.4. The SMILES string of the molecule is C[CH](C)[Ge]([NH]C(C)(C)C)[CH](C)C. The van der Waals surface area contributed by atoms with Crippen LogP contribution in [0.4, 0.5) is 0 Å². The third-order valence-electron chi connectivity index (χ3n) is 1.76. The first-order chi connectivity index (χ1) is 5.24. The first-order valence-corrected chi connectivity index (χ1v) is 8.36. The Morgan fingerprint density at radius 3 is 1.33 bits per heavy atom. The van der Waals surface area contributed by atoms with Crippen molar-refractivity contribution in [3.8, 4) is 0 Å². The molecule has 2 heteroatoms. The van der Waals surface area contributed by atoms with Crippen molar-refractivity contribution < 1.29 is 0 Å². The summed E-state index contributed by atoms with van der Waals surface area (Å²) in [6, 6.07) is 0. The second kappa shape index (κ2) is 4.66. The molecule has 0 unspecified atom stereocenters. The quantitative estimate of drug-likeness (QED) is 0.735. The van der Waals surface area contributed by atoms with E-state index in [0.717, 1.165) is 9.50 Å². The Kier molecular flexibility index (Phi) is 4.85. The first-order valence-electron chi connectivity index (χ1n) is 4.89. The van der Waals surface area contributed by atoms with Crippen molar-refractivity contribution >= 4 is 14.6 Å². The molecule has 0 aromatic heterocycles. The Labute approximate surface area is 82.6 Å². The average molecular weight is 231 g/mol. The Balaban J connectivity index is 4.15. The predicted octanol–water partition coefficient (Wildman–Crippen LogP) is 3.19. The van der Waals surface area contributed by atoms with Crippen molar-refractivity contribution in [3.05, 3.63) is 0 Å². The van der Waals surface area contributed by atoms with Gasteiger partial charge in [-0.1, -0.05) is 0 Å². The molecule has 12 heavy (non-hydrogen) atoms. The summed E-state index contributed by atoms with van der Waals surface area (Å²) in [5.74, 6) is 0. The van der Waals surface area contributed by atoms with Crippen LogP contribution in [-0.2, 0) is 0 Å². The maximum absolute atomic E-state index is 3.82. The second-order valence-electron chi connectivity index (χ2n) is 5.14. The van der Waals surface area contributed by atoms with E-state index in [0.29, 0.717) is 5.54 Å². The van der Waals surface area contributed by atoms with E-state index in [2.05, 4.69) is 52.7 Å². The van der Waals surface area contributed by atoms with Gasteiger partial charge >= 0.3 is 82.4 Å². The van der Waals surface area contributed by atoms with Crippen LogP contribution in [0, 0.1) is 0 Å². The van der Waals surface area contributed by atoms with E-state index in [1.165, 1.54) is 0 Å². The van der Waals surface area contributed by atoms with Gasteiger partial charge < -0.3 is 0 Å². The summed E-state index contributed by atoms with van der Waals surface area (Å²) in [6.45, 7) is 16.2. The molecule has 0 bridgehead atoms. The van der Waals surface area contributed by atoms with E-state index in [1.807, 2.05) is 0 Å². The number of hydrogen-bond donors (Lipinski definition) is 1. The topological polar surface area (TPSA) is 12.0 Å². The molecular weight excluding hydrogens is 207 g/mol. The van der Waals surface area contributed by atoms with Gasteiger partial charge in [-0.15, -0.1) is 0 Å². The predicted molar refractivity (Wildman–Crippen MR) is 58.8 cm³/mol. The molecule has 0 atom stereocenters. The van der Waals surface area contributed by atoms with Gasteiger partial charge in [0.25, 0.3) is 0 Å². The van der Waals surface area contributed by atoms with Gasteiger partial charge in [-0.25, -0.2) is 0 Å². The number of rotatable bonds is 3. The summed E-state index contributed by atoms with van der Waals surface area (Å²) in [5.41, 5.74) is 0.309. The molecule has 1 N–H and O–H groups in total. The van der Waals surface area contributed by atoms with Crippen molar-refractivity contribution in [2.75, 3.05) is 0 Å². The maximum atomic E-state index is 3.82. The van der Waals surface area contributed by atoms with Gasteiger partial charge in [0.2, 0.25) is 0 Å². The van der Waals surface area contributed by atoms with Gasteiger partial charge in [-0.2, -0.15) is 0 Å². The molecule has 1 nitrogen and oxygen atoms in total. The van der Waals surface area contributed by atoms with Crippen LogP contribution in [0.15, 0.2) is 0 Å². The van der Waals surface area contributed by atoms with Crippen molar-refractivity contribution in [2.24, 2.45) is 0 Å². The molecule has 0 aliphatic carbocycles. The first kappa shape index (κ1) is 12.5. The van der Waals surface area contributed by atoms with E-state index in [9.17, 15) is 0 Å². The summed E-state index contributed by atoms with van der Waals surface area (Å²) in [7, 11) is 0. The number of nitrogens with one attached hydrogen (secondary N) is 1. The van der Waals surface area contributed by atoms with Crippen LogP contribution in [-0.4, -0.2) is 20.1 Å². The van der Waals surface area contributed by atoms with Crippen LogP contribution >= 0.6 is 0 Å². The van der Waals surface area contributed by atoms with E-state index in [-0.39, 0.29) is 0 Å². The Morgan fingerprint density at radius 2 is 1.25 bits per heavy atom. The van der Waals surface area contributed by atoms with E-state index < -0.39 is 14.6 Å². The van der Waals surface area contributed by atoms with Crippen LogP contribution < -0.4 is 4.27 Å². The van der Waals surface area contributed by atoms with Crippen LogP contribution in [0.25, 0.3) is 0 Å². The van der Waals surface area contributed by atoms with Gasteiger partial charge in [-0.3, -0.25) is 0 Å². The third-order valence-corrected chi connectivity index (χ3v) is 9.16. The monoisotopic (exact) mass is 232 g/mol. The summed E-state index contributed by atoms with van der Waals surface area (Å²) >= 11 is -1.03. The fourth-order valence-electron chi connectivity index (χ4n) is 1.39. The van der Waals surface area contributed by atoms with E-state index >= 15 is 0 Å². The molecule has 73 valence electrons. The molecule has 0 rings (SSSR count). The Bertz CT molecular complexity index is 116. The van der Waals surface area contributed by atoms with Crippen LogP contribution in [0.2, 0.25) is 9.50 Å². The van der Waals surface area contributed by atoms with E-state index in [1.54, 1.807) is 0 Å². The molecule has 1 radical (unpaired) electrons. The van der Waals surface area contributed by atoms with Gasteiger partial charge in [0.05, 0.1) is 0 Å². The molecule has 0 aromatic carbocycles. The zero-order valence-electron chi connectivity index (χ0n) is 9.65. The molecule has 0 fully saturated rings. The van der Waals surface area contributed by atoms with Crippen molar-refractivity contribution in [2.45, 2.75) is 63.5 Å². The summed E-state index contributed by atoms with van der Waals surface area (Å²) in [6.07, 6.45) is 0. The van der Waals surface area contributed by atoms with Gasteiger partial charge in [0, 0.05) is 0 Å². The summed E-state index contributed by atoms with van der Waals surface area (Å²) in [5, 5.41) is 0. The molecule has 0 saturated heterocycles. The molecular formula is C10H24GeN. The third kappa shape index (κ3) is 5.20. The zero-order valence-corrected chi connectivity index (χ0v) is 11.8. The van der Waals surface area contributed by atoms with Crippen molar-refractivity contribution in [3.63, 3.8) is 0 Å². The van der Waals surface area contributed by atoms with Gasteiger partial charge in [0.15, 0.2) is 0 Å². The number of hydrogen-bond acceptors (Lipinski definition) is 1. The Morgan fingerprint density at radius 1 is 0.917 bits per heavy atom. The van der Waals surface area contributed by atoms with Crippen molar-refractivity contribution in [1.29, 1.82) is 0 Å². The van der Waals surface area contributed by atoms with Gasteiger partial charge in [-0.05, 0) is 0 Å². The van der Waals surface area contributed by atoms with E-state index in [4.69, 9.17) is 0 Å². The fraction of sp³-hybridized carbons (Fsp3) is 1.00. The minimum absolute atomic E-state index is 0.309. The minimum atomic E-state index is -1.03. The molecule has 0 aliphatic heterocycles. The standard InChI is InChI=1S/C10H24GeN/c1-8(2)11(9(3)4)12-10(5,6)7/h8-9,12H,1-7H3. The molecule has 0 saturated carbocycles. The van der Waals surface area contributed by atoms with Gasteiger partial charge in [0.1, 0.15) is 0 Å². The molecule has 0 heterocycles. The summed E-state index contributed by atoms with van der Waals surface area (Å²) < 4.78 is 5.58. The Hall–Kier alpha value is 0.503. The molecule has 0 aromatic rings. The average Bonchev–Trinajstić information content (AvgIpc) is 1.79. The molecule has 0 aliphatic rings. The molecule has 0 spiro atoms. The molecule has 0 amide bonds. The summed E-state index contributed by atoms with van der Waals surface area (Å²) in [4.78, 5) is 0. The zero-order chi connectivity index (χ0) is 9.94. The van der Waals surface area contributed by atoms with Crippen LogP contribution in [0.5, 0.6) is 0 Å². The van der Waals surface area contributed by atoms with Crippen LogP contribution in [0.3, 0.4) is 0 Å². The van der Waals surface area contributed by atoms with Crippen molar-refractivity contribution in [1.82, 2.24) is 4.27 Å². The fourth-order valence-corrected chi connectivity index (χ4v) is 7.21. The normalized spacial score (nSPS) is 13.5.